The van der Waals surface area contributed by atoms with E-state index in [0.717, 1.165) is 0 Å². The molecule has 1 aromatic carbocycles. The molecule has 8 heteroatoms. The van der Waals surface area contributed by atoms with Gasteiger partial charge in [0.1, 0.15) is 18.7 Å². The fourth-order valence-corrected chi connectivity index (χ4v) is 1.31. The highest BCUT2D eigenvalue weighted by Gasteiger charge is 2.09. The summed E-state index contributed by atoms with van der Waals surface area (Å²) in [6.07, 6.45) is 3.46. The van der Waals surface area contributed by atoms with Crippen molar-refractivity contribution in [3.63, 3.8) is 0 Å². The molecule has 102 valence electrons. The zero-order valence-corrected chi connectivity index (χ0v) is 10.1. The predicted octanol–water partition coefficient (Wildman–Crippen LogP) is 2.10. The third kappa shape index (κ3) is 3.73. The van der Waals surface area contributed by atoms with E-state index in [-0.39, 0.29) is 18.0 Å². The lowest BCUT2D eigenvalue weighted by molar-refractivity contribution is -0.384. The van der Waals surface area contributed by atoms with Crippen LogP contribution in [-0.4, -0.2) is 21.0 Å². The van der Waals surface area contributed by atoms with Crippen LogP contribution in [0.1, 0.15) is 5.56 Å². The second-order valence-corrected chi connectivity index (χ2v) is 3.64. The molecular formula is C12H9N3O5. The molecule has 8 nitrogen and oxygen atoms in total. The summed E-state index contributed by atoms with van der Waals surface area (Å²) in [6.45, 7) is -0.0212. The molecule has 0 bridgehead atoms. The molecule has 0 saturated carbocycles. The summed E-state index contributed by atoms with van der Waals surface area (Å²) in [5.41, 5.74) is 0.528. The molecule has 0 aliphatic rings. The normalized spacial score (nSPS) is 9.80. The number of rotatable bonds is 4. The van der Waals surface area contributed by atoms with Crippen LogP contribution >= 0.6 is 0 Å². The summed E-state index contributed by atoms with van der Waals surface area (Å²) in [6, 6.07) is 5.08. The Morgan fingerprint density at radius 2 is 1.85 bits per heavy atom. The summed E-state index contributed by atoms with van der Waals surface area (Å²) >= 11 is 0. The van der Waals surface area contributed by atoms with Gasteiger partial charge in [-0.2, -0.15) is 0 Å². The van der Waals surface area contributed by atoms with E-state index in [1.54, 1.807) is 0 Å². The largest absolute Gasteiger partial charge is 0.514 e. The summed E-state index contributed by atoms with van der Waals surface area (Å²) in [4.78, 5) is 28.8. The van der Waals surface area contributed by atoms with Crippen molar-refractivity contribution in [2.24, 2.45) is 0 Å². The smallest absolute Gasteiger partial charge is 0.429 e. The van der Waals surface area contributed by atoms with Crippen molar-refractivity contribution in [1.82, 2.24) is 9.97 Å². The molecule has 0 atom stereocenters. The fraction of sp³-hybridized carbons (Fsp3) is 0.0833. The molecule has 0 aliphatic carbocycles. The average molecular weight is 275 g/mol. The number of benzene rings is 1. The molecule has 0 fully saturated rings. The van der Waals surface area contributed by atoms with E-state index in [2.05, 4.69) is 9.97 Å². The van der Waals surface area contributed by atoms with Crippen LogP contribution < -0.4 is 4.74 Å². The van der Waals surface area contributed by atoms with Crippen molar-refractivity contribution < 1.29 is 19.2 Å². The molecule has 0 amide bonds. The molecule has 0 N–H and O–H groups in total. The number of aromatic nitrogens is 2. The molecule has 0 spiro atoms. The van der Waals surface area contributed by atoms with E-state index in [0.29, 0.717) is 5.56 Å². The molecule has 0 aliphatic heterocycles. The maximum atomic E-state index is 11.4. The highest BCUT2D eigenvalue weighted by Crippen LogP contribution is 2.17. The van der Waals surface area contributed by atoms with Gasteiger partial charge in [0.2, 0.25) is 0 Å². The van der Waals surface area contributed by atoms with Crippen molar-refractivity contribution in [2.45, 2.75) is 6.61 Å². The van der Waals surface area contributed by atoms with Crippen LogP contribution in [0.2, 0.25) is 0 Å². The third-order valence-corrected chi connectivity index (χ3v) is 2.22. The number of carbonyl (C=O) groups excluding carboxylic acids is 1. The molecule has 2 rings (SSSR count). The second kappa shape index (κ2) is 6.23. The number of hydrogen-bond acceptors (Lipinski definition) is 7. The van der Waals surface area contributed by atoms with Gasteiger partial charge >= 0.3 is 6.16 Å². The first-order valence-corrected chi connectivity index (χ1v) is 5.48. The number of nitro benzene ring substituents is 1. The Balaban J connectivity index is 1.86. The maximum absolute atomic E-state index is 11.4. The molecule has 20 heavy (non-hydrogen) atoms. The Morgan fingerprint density at radius 1 is 1.20 bits per heavy atom. The highest BCUT2D eigenvalue weighted by molar-refractivity contribution is 5.64. The van der Waals surface area contributed by atoms with Crippen LogP contribution in [0.4, 0.5) is 10.5 Å². The Bertz CT molecular complexity index is 600. The molecule has 0 radical (unpaired) electrons. The van der Waals surface area contributed by atoms with Crippen LogP contribution in [0, 0.1) is 10.1 Å². The van der Waals surface area contributed by atoms with Gasteiger partial charge in [-0.25, -0.2) is 14.8 Å². The number of nitro groups is 1. The van der Waals surface area contributed by atoms with E-state index in [4.69, 9.17) is 9.47 Å². The Kier molecular flexibility index (Phi) is 4.17. The van der Waals surface area contributed by atoms with Crippen molar-refractivity contribution in [2.75, 3.05) is 0 Å². The van der Waals surface area contributed by atoms with Crippen LogP contribution in [0.25, 0.3) is 0 Å². The van der Waals surface area contributed by atoms with Crippen LogP contribution in [0.15, 0.2) is 43.0 Å². The van der Waals surface area contributed by atoms with Gasteiger partial charge in [-0.05, 0) is 12.1 Å². The summed E-state index contributed by atoms with van der Waals surface area (Å²) in [5.74, 6) is 0.157. The predicted molar refractivity (Wildman–Crippen MR) is 65.9 cm³/mol. The molecule has 1 heterocycles. The SMILES string of the molecule is O=C(OCc1cncnc1)Oc1ccc([N+](=O)[O-])cc1. The number of carbonyl (C=O) groups is 1. The number of ether oxygens (including phenoxy) is 2. The van der Waals surface area contributed by atoms with Gasteiger partial charge in [0.25, 0.3) is 5.69 Å². The zero-order valence-electron chi connectivity index (χ0n) is 10.1. The van der Waals surface area contributed by atoms with Gasteiger partial charge in [0, 0.05) is 30.1 Å². The summed E-state index contributed by atoms with van der Waals surface area (Å²) in [5, 5.41) is 10.5. The van der Waals surface area contributed by atoms with Crippen molar-refractivity contribution in [3.05, 3.63) is 58.7 Å². The lowest BCUT2D eigenvalue weighted by Crippen LogP contribution is -2.10. The molecular weight excluding hydrogens is 266 g/mol. The first-order valence-electron chi connectivity index (χ1n) is 5.48. The van der Waals surface area contributed by atoms with E-state index >= 15 is 0 Å². The minimum Gasteiger partial charge on any atom is -0.429 e. The second-order valence-electron chi connectivity index (χ2n) is 3.64. The van der Waals surface area contributed by atoms with E-state index in [1.165, 1.54) is 43.0 Å². The monoisotopic (exact) mass is 275 g/mol. The van der Waals surface area contributed by atoms with Gasteiger partial charge in [-0.3, -0.25) is 10.1 Å². The summed E-state index contributed by atoms with van der Waals surface area (Å²) < 4.78 is 9.68. The summed E-state index contributed by atoms with van der Waals surface area (Å²) in [7, 11) is 0. The fourth-order valence-electron chi connectivity index (χ4n) is 1.31. The lowest BCUT2D eigenvalue weighted by atomic mass is 10.3. The van der Waals surface area contributed by atoms with Crippen LogP contribution in [0.5, 0.6) is 5.75 Å². The molecule has 2 aromatic rings. The van der Waals surface area contributed by atoms with E-state index in [9.17, 15) is 14.9 Å². The quantitative estimate of drug-likeness (QED) is 0.364. The van der Waals surface area contributed by atoms with Gasteiger partial charge in [0.15, 0.2) is 0 Å². The van der Waals surface area contributed by atoms with Gasteiger partial charge in [-0.15, -0.1) is 0 Å². The number of non-ortho nitro benzene ring substituents is 1. The average Bonchev–Trinajstić information content (AvgIpc) is 2.47. The molecule has 0 saturated heterocycles. The van der Waals surface area contributed by atoms with E-state index < -0.39 is 11.1 Å². The van der Waals surface area contributed by atoms with Crippen LogP contribution in [-0.2, 0) is 11.3 Å². The Labute approximate surface area is 113 Å². The van der Waals surface area contributed by atoms with Gasteiger partial charge < -0.3 is 9.47 Å². The molecule has 1 aromatic heterocycles. The molecule has 0 unspecified atom stereocenters. The van der Waals surface area contributed by atoms with Crippen molar-refractivity contribution in [3.8, 4) is 5.75 Å². The minimum absolute atomic E-state index is 0.0212. The first-order chi connectivity index (χ1) is 9.65. The van der Waals surface area contributed by atoms with Gasteiger partial charge in [0.05, 0.1) is 4.92 Å². The topological polar surface area (TPSA) is 104 Å². The minimum atomic E-state index is -0.914. The third-order valence-electron chi connectivity index (χ3n) is 2.22. The Morgan fingerprint density at radius 3 is 2.45 bits per heavy atom. The lowest BCUT2D eigenvalue weighted by Gasteiger charge is -2.05. The van der Waals surface area contributed by atoms with Crippen molar-refractivity contribution in [1.29, 1.82) is 0 Å². The zero-order chi connectivity index (χ0) is 14.4. The van der Waals surface area contributed by atoms with E-state index in [1.807, 2.05) is 0 Å². The number of hydrogen-bond donors (Lipinski definition) is 0. The maximum Gasteiger partial charge on any atom is 0.514 e. The highest BCUT2D eigenvalue weighted by atomic mass is 16.7. The van der Waals surface area contributed by atoms with Crippen molar-refractivity contribution >= 4 is 11.8 Å². The van der Waals surface area contributed by atoms with Gasteiger partial charge in [-0.1, -0.05) is 0 Å². The standard InChI is InChI=1S/C12H9N3O5/c16-12(19-7-9-5-13-8-14-6-9)20-11-3-1-10(2-4-11)15(17)18/h1-6,8H,7H2. The number of nitrogens with zero attached hydrogens (tertiary/aromatic N) is 3. The van der Waals surface area contributed by atoms with Crippen LogP contribution in [0.3, 0.4) is 0 Å². The Hall–Kier alpha value is -3.03. The first kappa shape index (κ1) is 13.4.